The summed E-state index contributed by atoms with van der Waals surface area (Å²) in [5.74, 6) is 0.882. The van der Waals surface area contributed by atoms with Crippen LogP contribution in [0, 0.1) is 0 Å². The zero-order valence-electron chi connectivity index (χ0n) is 11.1. The van der Waals surface area contributed by atoms with Crippen LogP contribution in [0.3, 0.4) is 0 Å². The van der Waals surface area contributed by atoms with Crippen molar-refractivity contribution in [3.63, 3.8) is 0 Å². The minimum atomic E-state index is -0.137. The molecule has 20 heavy (non-hydrogen) atoms. The quantitative estimate of drug-likeness (QED) is 0.620. The monoisotopic (exact) mass is 304 g/mol. The SMILES string of the molecule is CC(Cl)c1nc2ccccc2n1Cc1cccc(Cl)c1. The van der Waals surface area contributed by atoms with Crippen molar-refractivity contribution in [3.05, 3.63) is 64.9 Å². The van der Waals surface area contributed by atoms with E-state index in [1.54, 1.807) is 0 Å². The highest BCUT2D eigenvalue weighted by atomic mass is 35.5. The first-order valence-electron chi connectivity index (χ1n) is 6.49. The number of nitrogens with zero attached hydrogens (tertiary/aromatic N) is 2. The van der Waals surface area contributed by atoms with Crippen LogP contribution in [0.15, 0.2) is 48.5 Å². The molecule has 0 saturated heterocycles. The van der Waals surface area contributed by atoms with Gasteiger partial charge < -0.3 is 4.57 Å². The lowest BCUT2D eigenvalue weighted by atomic mass is 10.2. The molecule has 0 spiro atoms. The van der Waals surface area contributed by atoms with Crippen molar-refractivity contribution in [1.29, 1.82) is 0 Å². The molecule has 102 valence electrons. The maximum Gasteiger partial charge on any atom is 0.128 e. The maximum absolute atomic E-state index is 6.27. The molecule has 3 aromatic rings. The number of aromatic nitrogens is 2. The molecule has 0 amide bonds. The van der Waals surface area contributed by atoms with Gasteiger partial charge in [0.2, 0.25) is 0 Å². The average molecular weight is 305 g/mol. The molecule has 1 aromatic heterocycles. The number of alkyl halides is 1. The molecule has 2 nitrogen and oxygen atoms in total. The van der Waals surface area contributed by atoms with Gasteiger partial charge in [0.1, 0.15) is 5.82 Å². The van der Waals surface area contributed by atoms with Gasteiger partial charge in [-0.3, -0.25) is 0 Å². The first-order chi connectivity index (χ1) is 9.65. The number of para-hydroxylation sites is 2. The van der Waals surface area contributed by atoms with E-state index in [4.69, 9.17) is 23.2 Å². The van der Waals surface area contributed by atoms with Crippen LogP contribution in [0.4, 0.5) is 0 Å². The number of hydrogen-bond acceptors (Lipinski definition) is 1. The van der Waals surface area contributed by atoms with Gasteiger partial charge in [-0.25, -0.2) is 4.98 Å². The summed E-state index contributed by atoms with van der Waals surface area (Å²) in [6.45, 7) is 2.66. The van der Waals surface area contributed by atoms with E-state index in [9.17, 15) is 0 Å². The summed E-state index contributed by atoms with van der Waals surface area (Å²) in [7, 11) is 0. The Kier molecular flexibility index (Phi) is 3.68. The van der Waals surface area contributed by atoms with E-state index < -0.39 is 0 Å². The third-order valence-corrected chi connectivity index (χ3v) is 3.70. The van der Waals surface area contributed by atoms with Crippen molar-refractivity contribution in [2.75, 3.05) is 0 Å². The molecule has 0 radical (unpaired) electrons. The number of halogens is 2. The smallest absolute Gasteiger partial charge is 0.128 e. The van der Waals surface area contributed by atoms with Crippen LogP contribution in [0.25, 0.3) is 11.0 Å². The largest absolute Gasteiger partial charge is 0.322 e. The number of hydrogen-bond donors (Lipinski definition) is 0. The molecular formula is C16H14Cl2N2. The molecule has 0 aliphatic carbocycles. The van der Waals surface area contributed by atoms with Crippen LogP contribution in [-0.2, 0) is 6.54 Å². The van der Waals surface area contributed by atoms with E-state index in [-0.39, 0.29) is 5.38 Å². The topological polar surface area (TPSA) is 17.8 Å². The van der Waals surface area contributed by atoms with Crippen molar-refractivity contribution < 1.29 is 0 Å². The Morgan fingerprint density at radius 1 is 1.15 bits per heavy atom. The Bertz CT molecular complexity index is 747. The molecule has 0 bridgehead atoms. The minimum absolute atomic E-state index is 0.137. The molecule has 0 fully saturated rings. The molecule has 3 rings (SSSR count). The summed E-state index contributed by atoms with van der Waals surface area (Å²) >= 11 is 12.3. The van der Waals surface area contributed by atoms with Crippen molar-refractivity contribution in [3.8, 4) is 0 Å². The second kappa shape index (κ2) is 5.47. The molecule has 4 heteroatoms. The summed E-state index contributed by atoms with van der Waals surface area (Å²) in [6, 6.07) is 15.9. The lowest BCUT2D eigenvalue weighted by Crippen LogP contribution is -2.05. The summed E-state index contributed by atoms with van der Waals surface area (Å²) in [5.41, 5.74) is 3.20. The van der Waals surface area contributed by atoms with E-state index in [1.165, 1.54) is 0 Å². The molecule has 0 N–H and O–H groups in total. The maximum atomic E-state index is 6.27. The Labute approximate surface area is 128 Å². The molecule has 0 saturated carbocycles. The van der Waals surface area contributed by atoms with Gasteiger partial charge in [0.25, 0.3) is 0 Å². The summed E-state index contributed by atoms with van der Waals surface area (Å²) in [4.78, 5) is 4.63. The fourth-order valence-corrected chi connectivity index (χ4v) is 2.76. The van der Waals surface area contributed by atoms with Crippen LogP contribution in [0.5, 0.6) is 0 Å². The Morgan fingerprint density at radius 2 is 1.95 bits per heavy atom. The van der Waals surface area contributed by atoms with Gasteiger partial charge in [-0.15, -0.1) is 11.6 Å². The lowest BCUT2D eigenvalue weighted by Gasteiger charge is -2.11. The minimum Gasteiger partial charge on any atom is -0.322 e. The number of benzene rings is 2. The van der Waals surface area contributed by atoms with Crippen LogP contribution in [-0.4, -0.2) is 9.55 Å². The second-order valence-electron chi connectivity index (χ2n) is 4.79. The lowest BCUT2D eigenvalue weighted by molar-refractivity contribution is 0.742. The predicted molar refractivity (Wildman–Crippen MR) is 84.6 cm³/mol. The van der Waals surface area contributed by atoms with E-state index in [0.29, 0.717) is 6.54 Å². The Morgan fingerprint density at radius 3 is 2.70 bits per heavy atom. The highest BCUT2D eigenvalue weighted by Crippen LogP contribution is 2.25. The van der Waals surface area contributed by atoms with Crippen LogP contribution < -0.4 is 0 Å². The van der Waals surface area contributed by atoms with Gasteiger partial charge in [-0.1, -0.05) is 35.9 Å². The molecule has 1 unspecified atom stereocenters. The standard InChI is InChI=1S/C16H14Cl2N2/c1-11(17)16-19-14-7-2-3-8-15(14)20(16)10-12-5-4-6-13(18)9-12/h2-9,11H,10H2,1H3. The second-order valence-corrected chi connectivity index (χ2v) is 5.88. The van der Waals surface area contributed by atoms with E-state index in [1.807, 2.05) is 43.3 Å². The van der Waals surface area contributed by atoms with Crippen molar-refractivity contribution in [2.24, 2.45) is 0 Å². The van der Waals surface area contributed by atoms with Gasteiger partial charge in [0, 0.05) is 11.6 Å². The number of rotatable bonds is 3. The first kappa shape index (κ1) is 13.5. The predicted octanol–water partition coefficient (Wildman–Crippen LogP) is 5.04. The van der Waals surface area contributed by atoms with E-state index in [0.717, 1.165) is 27.4 Å². The Balaban J connectivity index is 2.11. The molecular weight excluding hydrogens is 291 g/mol. The zero-order chi connectivity index (χ0) is 14.1. The van der Waals surface area contributed by atoms with Gasteiger partial charge in [0.15, 0.2) is 0 Å². The molecule has 2 aromatic carbocycles. The zero-order valence-corrected chi connectivity index (χ0v) is 12.6. The molecule has 1 heterocycles. The average Bonchev–Trinajstić information content (AvgIpc) is 2.78. The van der Waals surface area contributed by atoms with Crippen LogP contribution >= 0.6 is 23.2 Å². The summed E-state index contributed by atoms with van der Waals surface area (Å²) in [5, 5.41) is 0.606. The van der Waals surface area contributed by atoms with Crippen molar-refractivity contribution in [2.45, 2.75) is 18.8 Å². The third kappa shape index (κ3) is 2.54. The van der Waals surface area contributed by atoms with Crippen LogP contribution in [0.1, 0.15) is 23.7 Å². The first-order valence-corrected chi connectivity index (χ1v) is 7.30. The van der Waals surface area contributed by atoms with Crippen molar-refractivity contribution >= 4 is 34.2 Å². The van der Waals surface area contributed by atoms with Crippen molar-refractivity contribution in [1.82, 2.24) is 9.55 Å². The molecule has 0 aliphatic heterocycles. The summed E-state index contributed by atoms with van der Waals surface area (Å²) < 4.78 is 2.15. The summed E-state index contributed by atoms with van der Waals surface area (Å²) in [6.07, 6.45) is 0. The Hall–Kier alpha value is -1.51. The highest BCUT2D eigenvalue weighted by Gasteiger charge is 2.14. The van der Waals surface area contributed by atoms with Crippen LogP contribution in [0.2, 0.25) is 5.02 Å². The van der Waals surface area contributed by atoms with Gasteiger partial charge in [-0.2, -0.15) is 0 Å². The molecule has 0 aliphatic rings. The van der Waals surface area contributed by atoms with Gasteiger partial charge in [0.05, 0.1) is 16.4 Å². The van der Waals surface area contributed by atoms with Gasteiger partial charge in [-0.05, 0) is 36.8 Å². The highest BCUT2D eigenvalue weighted by molar-refractivity contribution is 6.30. The fourth-order valence-electron chi connectivity index (χ4n) is 2.38. The van der Waals surface area contributed by atoms with Gasteiger partial charge >= 0.3 is 0 Å². The van der Waals surface area contributed by atoms with E-state index >= 15 is 0 Å². The molecule has 1 atom stereocenters. The normalized spacial score (nSPS) is 12.8. The number of fused-ring (bicyclic) bond motifs is 1. The van der Waals surface area contributed by atoms with E-state index in [2.05, 4.69) is 21.7 Å². The third-order valence-electron chi connectivity index (χ3n) is 3.27. The fraction of sp³-hybridized carbons (Fsp3) is 0.188. The number of imidazole rings is 1.